The Hall–Kier alpha value is -0.940. The Kier molecular flexibility index (Phi) is 4.50. The Bertz CT molecular complexity index is 330. The quantitative estimate of drug-likeness (QED) is 0.684. The van der Waals surface area contributed by atoms with Crippen LogP contribution in [0.5, 0.6) is 0 Å². The molecular weight excluding hydrogens is 218 g/mol. The third kappa shape index (κ3) is 3.26. The molecule has 5 heteroatoms. The minimum atomic E-state index is -0.375. The lowest BCUT2D eigenvalue weighted by Gasteiger charge is -2.24. The van der Waals surface area contributed by atoms with Gasteiger partial charge in [0.15, 0.2) is 0 Å². The smallest absolute Gasteiger partial charge is 0.204 e. The van der Waals surface area contributed by atoms with Gasteiger partial charge in [-0.15, -0.1) is 5.10 Å². The van der Waals surface area contributed by atoms with E-state index < -0.39 is 0 Å². The van der Waals surface area contributed by atoms with Gasteiger partial charge >= 0.3 is 0 Å². The number of hydrogen-bond acceptors (Lipinski definition) is 4. The first kappa shape index (κ1) is 12.5. The van der Waals surface area contributed by atoms with Crippen LogP contribution in [0.25, 0.3) is 0 Å². The van der Waals surface area contributed by atoms with Crippen LogP contribution in [0.15, 0.2) is 6.20 Å². The lowest BCUT2D eigenvalue weighted by molar-refractivity contribution is -0.142. The summed E-state index contributed by atoms with van der Waals surface area (Å²) in [7, 11) is 0. The van der Waals surface area contributed by atoms with Crippen LogP contribution in [0.4, 0.5) is 0 Å². The zero-order chi connectivity index (χ0) is 12.1. The topological polar surface area (TPSA) is 49.2 Å². The monoisotopic (exact) mass is 239 g/mol. The Morgan fingerprint density at radius 3 is 2.59 bits per heavy atom. The van der Waals surface area contributed by atoms with E-state index in [1.807, 2.05) is 24.7 Å². The predicted octanol–water partition coefficient (Wildman–Crippen LogP) is 2.15. The number of nitrogens with zero attached hydrogens (tertiary/aromatic N) is 3. The number of rotatable bonds is 7. The van der Waals surface area contributed by atoms with Gasteiger partial charge in [-0.3, -0.25) is 4.68 Å². The first-order valence-electron chi connectivity index (χ1n) is 6.46. The molecule has 1 aliphatic rings. The van der Waals surface area contributed by atoms with Crippen LogP contribution in [0, 0.1) is 5.92 Å². The van der Waals surface area contributed by atoms with E-state index in [-0.39, 0.29) is 6.29 Å². The third-order valence-corrected chi connectivity index (χ3v) is 3.10. The molecule has 0 aromatic carbocycles. The zero-order valence-corrected chi connectivity index (χ0v) is 10.6. The van der Waals surface area contributed by atoms with E-state index >= 15 is 0 Å². The highest BCUT2D eigenvalue weighted by atomic mass is 16.7. The van der Waals surface area contributed by atoms with Gasteiger partial charge in [0, 0.05) is 19.8 Å². The molecule has 0 saturated heterocycles. The molecule has 0 aliphatic heterocycles. The second-order valence-corrected chi connectivity index (χ2v) is 4.40. The highest BCUT2D eigenvalue weighted by Gasteiger charge is 2.20. The maximum Gasteiger partial charge on any atom is 0.204 e. The normalized spacial score (nSPS) is 16.4. The average Bonchev–Trinajstić information content (AvgIpc) is 2.72. The van der Waals surface area contributed by atoms with Crippen molar-refractivity contribution in [2.45, 2.75) is 45.9 Å². The van der Waals surface area contributed by atoms with Crippen LogP contribution in [-0.4, -0.2) is 28.2 Å². The molecule has 1 aromatic rings. The Morgan fingerprint density at radius 2 is 2.06 bits per heavy atom. The van der Waals surface area contributed by atoms with Crippen molar-refractivity contribution in [1.82, 2.24) is 15.0 Å². The molecule has 1 aromatic heterocycles. The van der Waals surface area contributed by atoms with Crippen LogP contribution in [-0.2, 0) is 16.0 Å². The van der Waals surface area contributed by atoms with E-state index in [2.05, 4.69) is 10.3 Å². The molecule has 0 spiro atoms. The summed E-state index contributed by atoms with van der Waals surface area (Å²) in [5.74, 6) is 0.780. The summed E-state index contributed by atoms with van der Waals surface area (Å²) in [6.07, 6.45) is 5.55. The fourth-order valence-corrected chi connectivity index (χ4v) is 1.97. The standard InChI is InChI=1S/C12H21N3O2/c1-3-16-12(17-4-2)11-9-15(14-13-11)8-10-6-5-7-10/h9-10,12H,3-8H2,1-2H3. The van der Waals surface area contributed by atoms with E-state index in [4.69, 9.17) is 9.47 Å². The molecule has 0 amide bonds. The second kappa shape index (κ2) is 6.12. The number of ether oxygens (including phenoxy) is 2. The third-order valence-electron chi connectivity index (χ3n) is 3.10. The highest BCUT2D eigenvalue weighted by molar-refractivity contribution is 4.95. The first-order chi connectivity index (χ1) is 8.33. The summed E-state index contributed by atoms with van der Waals surface area (Å²) in [6.45, 7) is 6.09. The molecule has 17 heavy (non-hydrogen) atoms. The van der Waals surface area contributed by atoms with Gasteiger partial charge in [-0.25, -0.2) is 0 Å². The van der Waals surface area contributed by atoms with Gasteiger partial charge in [0.2, 0.25) is 6.29 Å². The molecule has 1 saturated carbocycles. The van der Waals surface area contributed by atoms with Gasteiger partial charge in [0.05, 0.1) is 6.20 Å². The number of aromatic nitrogens is 3. The van der Waals surface area contributed by atoms with Crippen molar-refractivity contribution in [2.75, 3.05) is 13.2 Å². The van der Waals surface area contributed by atoms with Crippen molar-refractivity contribution >= 4 is 0 Å². The molecular formula is C12H21N3O2. The highest BCUT2D eigenvalue weighted by Crippen LogP contribution is 2.27. The summed E-state index contributed by atoms with van der Waals surface area (Å²) in [6, 6.07) is 0. The lowest BCUT2D eigenvalue weighted by atomic mass is 9.85. The average molecular weight is 239 g/mol. The maximum atomic E-state index is 5.49. The Morgan fingerprint density at radius 1 is 1.35 bits per heavy atom. The van der Waals surface area contributed by atoms with E-state index in [0.717, 1.165) is 18.2 Å². The molecule has 1 aliphatic carbocycles. The first-order valence-corrected chi connectivity index (χ1v) is 6.46. The van der Waals surface area contributed by atoms with E-state index in [1.54, 1.807) is 0 Å². The zero-order valence-electron chi connectivity index (χ0n) is 10.6. The molecule has 2 rings (SSSR count). The largest absolute Gasteiger partial charge is 0.347 e. The van der Waals surface area contributed by atoms with Crippen molar-refractivity contribution in [3.63, 3.8) is 0 Å². The van der Waals surface area contributed by atoms with Gasteiger partial charge in [-0.1, -0.05) is 11.6 Å². The van der Waals surface area contributed by atoms with Gasteiger partial charge < -0.3 is 9.47 Å². The number of hydrogen-bond donors (Lipinski definition) is 0. The molecule has 0 radical (unpaired) electrons. The van der Waals surface area contributed by atoms with Crippen molar-refractivity contribution < 1.29 is 9.47 Å². The molecule has 0 atom stereocenters. The SMILES string of the molecule is CCOC(OCC)c1cn(CC2CCC2)nn1. The van der Waals surface area contributed by atoms with Gasteiger partial charge in [0.25, 0.3) is 0 Å². The summed E-state index contributed by atoms with van der Waals surface area (Å²) in [5.41, 5.74) is 0.771. The van der Waals surface area contributed by atoms with E-state index in [0.29, 0.717) is 13.2 Å². The Balaban J connectivity index is 1.93. The van der Waals surface area contributed by atoms with E-state index in [1.165, 1.54) is 19.3 Å². The van der Waals surface area contributed by atoms with Gasteiger partial charge in [-0.05, 0) is 32.6 Å². The summed E-state index contributed by atoms with van der Waals surface area (Å²) in [5, 5.41) is 8.26. The molecule has 0 bridgehead atoms. The summed E-state index contributed by atoms with van der Waals surface area (Å²) >= 11 is 0. The Labute approximate surface area is 102 Å². The van der Waals surface area contributed by atoms with Crippen molar-refractivity contribution in [1.29, 1.82) is 0 Å². The maximum absolute atomic E-state index is 5.49. The summed E-state index contributed by atoms with van der Waals surface area (Å²) < 4.78 is 12.9. The fraction of sp³-hybridized carbons (Fsp3) is 0.833. The molecule has 1 heterocycles. The van der Waals surface area contributed by atoms with Crippen LogP contribution in [0.3, 0.4) is 0 Å². The van der Waals surface area contributed by atoms with Crippen LogP contribution < -0.4 is 0 Å². The minimum Gasteiger partial charge on any atom is -0.347 e. The lowest BCUT2D eigenvalue weighted by Crippen LogP contribution is -2.18. The van der Waals surface area contributed by atoms with Crippen LogP contribution in [0.1, 0.15) is 45.1 Å². The molecule has 96 valence electrons. The van der Waals surface area contributed by atoms with Crippen molar-refractivity contribution in [2.24, 2.45) is 5.92 Å². The van der Waals surface area contributed by atoms with Gasteiger partial charge in [-0.2, -0.15) is 0 Å². The molecule has 5 nitrogen and oxygen atoms in total. The second-order valence-electron chi connectivity index (χ2n) is 4.40. The fourth-order valence-electron chi connectivity index (χ4n) is 1.97. The van der Waals surface area contributed by atoms with E-state index in [9.17, 15) is 0 Å². The van der Waals surface area contributed by atoms with Crippen LogP contribution >= 0.6 is 0 Å². The van der Waals surface area contributed by atoms with Gasteiger partial charge in [0.1, 0.15) is 5.69 Å². The molecule has 1 fully saturated rings. The van der Waals surface area contributed by atoms with Crippen molar-refractivity contribution in [3.05, 3.63) is 11.9 Å². The predicted molar refractivity (Wildman–Crippen MR) is 63.4 cm³/mol. The van der Waals surface area contributed by atoms with Crippen LogP contribution in [0.2, 0.25) is 0 Å². The molecule has 0 N–H and O–H groups in total. The minimum absolute atomic E-state index is 0.375. The summed E-state index contributed by atoms with van der Waals surface area (Å²) in [4.78, 5) is 0. The molecule has 0 unspecified atom stereocenters. The van der Waals surface area contributed by atoms with Crippen molar-refractivity contribution in [3.8, 4) is 0 Å².